The Hall–Kier alpha value is -7.96. The predicted molar refractivity (Wildman–Crippen MR) is 279 cm³/mol. The minimum atomic E-state index is -4.77. The van der Waals surface area contributed by atoms with Crippen molar-refractivity contribution in [3.05, 3.63) is 123 Å². The first-order valence-corrected chi connectivity index (χ1v) is 25.8. The molecule has 77 heavy (non-hydrogen) atoms. The molecular weight excluding hydrogens is 1020 g/mol. The number of hydrogen-bond donors (Lipinski definition) is 3. The van der Waals surface area contributed by atoms with Gasteiger partial charge in [0.2, 0.25) is 11.8 Å². The van der Waals surface area contributed by atoms with E-state index in [2.05, 4.69) is 56.4 Å². The lowest BCUT2D eigenvalue weighted by molar-refractivity contribution is -0.138. The molecule has 5 aliphatic rings. The van der Waals surface area contributed by atoms with Crippen molar-refractivity contribution in [2.45, 2.75) is 82.5 Å². The standard InChI is InChI=1S/C55H55ClF3N11O7/c1-32(30-76-46-25-36(55(57,58)59)12-14-42(46)62-53(75)61-26-33-11-13-39-35(24-33)27-70(52(39)74)45-15-16-47(71)64-50(45)72)51(73)69-23-22-68(28-37(69)17-19-60)49-40-18-21-67(44-10-4-7-34-6-3-9-41(56)48(34)44)29-43(40)63-54(65-49)77-31-38-8-5-20-66(38)2/h3-4,6-7,9-14,24-25,37-38,45H,1,5,8,15-18,20-23,26-31H2,2H3,(H2,61,62,75)(H,64,71,72)/t37-,38-,45?/m0/s1. The van der Waals surface area contributed by atoms with Crippen molar-refractivity contribution in [3.63, 3.8) is 0 Å². The van der Waals surface area contributed by atoms with E-state index < -0.39 is 54.2 Å². The number of ether oxygens (including phenoxy) is 2. The van der Waals surface area contributed by atoms with Crippen LogP contribution in [0.3, 0.4) is 0 Å². The van der Waals surface area contributed by atoms with Gasteiger partial charge in [0.05, 0.1) is 47.0 Å². The lowest BCUT2D eigenvalue weighted by Gasteiger charge is -2.42. The monoisotopic (exact) mass is 1070 g/mol. The van der Waals surface area contributed by atoms with Crippen LogP contribution in [0.2, 0.25) is 5.02 Å². The van der Waals surface area contributed by atoms with Crippen LogP contribution >= 0.6 is 11.6 Å². The van der Waals surface area contributed by atoms with Gasteiger partial charge in [0.1, 0.15) is 30.8 Å². The quantitative estimate of drug-likeness (QED) is 0.0759. The Labute approximate surface area is 446 Å². The molecule has 3 saturated heterocycles. The second-order valence-corrected chi connectivity index (χ2v) is 20.3. The summed E-state index contributed by atoms with van der Waals surface area (Å²) >= 11 is 6.77. The van der Waals surface area contributed by atoms with Gasteiger partial charge in [-0.15, -0.1) is 0 Å². The SMILES string of the molecule is C=C(COc1cc(C(F)(F)F)ccc1NC(=O)NCc1ccc2c(c1)CN(C1CCC(=O)NC1=O)C2=O)C(=O)N1CCN(c2nc(OC[C@@H]3CCCN3C)nc3c2CCN(c2cccc4cccc(Cl)c24)C3)C[C@@H]1CC#N. The van der Waals surface area contributed by atoms with Gasteiger partial charge in [-0.2, -0.15) is 28.4 Å². The normalized spacial score (nSPS) is 19.6. The number of anilines is 3. The fourth-order valence-corrected chi connectivity index (χ4v) is 11.1. The molecule has 5 aromatic rings. The number of halogens is 4. The molecule has 5 aliphatic heterocycles. The Morgan fingerprint density at radius 1 is 0.935 bits per heavy atom. The summed E-state index contributed by atoms with van der Waals surface area (Å²) in [5.41, 5.74) is 3.04. The maximum atomic E-state index is 14.2. The number of nitrogens with zero attached hydrogens (tertiary/aromatic N) is 8. The van der Waals surface area contributed by atoms with Crippen molar-refractivity contribution in [2.24, 2.45) is 0 Å². The third kappa shape index (κ3) is 11.2. The Morgan fingerprint density at radius 2 is 1.75 bits per heavy atom. The van der Waals surface area contributed by atoms with Crippen LogP contribution < -0.4 is 35.2 Å². The van der Waals surface area contributed by atoms with Crippen LogP contribution in [0.1, 0.15) is 70.4 Å². The lowest BCUT2D eigenvalue weighted by atomic mass is 10.0. The highest BCUT2D eigenvalue weighted by atomic mass is 35.5. The van der Waals surface area contributed by atoms with Gasteiger partial charge in [0.15, 0.2) is 0 Å². The molecule has 3 atom stereocenters. The summed E-state index contributed by atoms with van der Waals surface area (Å²) in [6, 6.07) is 19.8. The molecule has 6 heterocycles. The number of carbonyl (C=O) groups is 5. The average molecular weight is 1070 g/mol. The molecule has 10 rings (SSSR count). The van der Waals surface area contributed by atoms with Crippen molar-refractivity contribution in [1.82, 2.24) is 35.3 Å². The number of carbonyl (C=O) groups excluding carboxylic acids is 5. The maximum absolute atomic E-state index is 14.2. The van der Waals surface area contributed by atoms with E-state index in [1.807, 2.05) is 30.3 Å². The first kappa shape index (κ1) is 52.5. The van der Waals surface area contributed by atoms with Crippen LogP contribution in [-0.4, -0.2) is 125 Å². The highest BCUT2D eigenvalue weighted by Crippen LogP contribution is 2.39. The number of amides is 6. The van der Waals surface area contributed by atoms with Crippen molar-refractivity contribution >= 4 is 69.2 Å². The highest BCUT2D eigenvalue weighted by molar-refractivity contribution is 6.36. The number of benzene rings is 4. The number of nitrogens with one attached hydrogen (secondary N) is 3. The van der Waals surface area contributed by atoms with Crippen molar-refractivity contribution < 1.29 is 46.6 Å². The van der Waals surface area contributed by atoms with Crippen LogP contribution in [0.25, 0.3) is 10.8 Å². The van der Waals surface area contributed by atoms with Crippen LogP contribution in [0.5, 0.6) is 11.8 Å². The number of likely N-dealkylation sites (N-methyl/N-ethyl adjacent to an activating group) is 1. The molecule has 0 saturated carbocycles. The van der Waals surface area contributed by atoms with E-state index in [1.165, 1.54) is 9.80 Å². The highest BCUT2D eigenvalue weighted by Gasteiger charge is 2.40. The summed E-state index contributed by atoms with van der Waals surface area (Å²) in [6.07, 6.45) is -1.86. The Kier molecular flexibility index (Phi) is 15.0. The zero-order chi connectivity index (χ0) is 54.1. The third-order valence-electron chi connectivity index (χ3n) is 14.9. The number of piperidine rings is 1. The summed E-state index contributed by atoms with van der Waals surface area (Å²) in [7, 11) is 2.07. The molecule has 0 radical (unpaired) electrons. The van der Waals surface area contributed by atoms with Gasteiger partial charge in [0.25, 0.3) is 11.8 Å². The second kappa shape index (κ2) is 21.9. The average Bonchev–Trinajstić information content (AvgIpc) is 3.98. The number of aromatic nitrogens is 2. The van der Waals surface area contributed by atoms with E-state index in [1.54, 1.807) is 18.2 Å². The van der Waals surface area contributed by atoms with Gasteiger partial charge in [-0.25, -0.2) is 4.79 Å². The molecule has 1 unspecified atom stereocenters. The fourth-order valence-electron chi connectivity index (χ4n) is 10.9. The number of piperazine rings is 1. The predicted octanol–water partition coefficient (Wildman–Crippen LogP) is 6.99. The maximum Gasteiger partial charge on any atom is 0.416 e. The van der Waals surface area contributed by atoms with Gasteiger partial charge >= 0.3 is 18.2 Å². The molecule has 3 fully saturated rings. The van der Waals surface area contributed by atoms with E-state index in [9.17, 15) is 42.4 Å². The Balaban J connectivity index is 0.808. The summed E-state index contributed by atoms with van der Waals surface area (Å²) < 4.78 is 54.3. The Morgan fingerprint density at radius 3 is 2.52 bits per heavy atom. The first-order valence-electron chi connectivity index (χ1n) is 25.4. The van der Waals surface area contributed by atoms with E-state index >= 15 is 0 Å². The molecule has 22 heteroatoms. The first-order chi connectivity index (χ1) is 37.0. The Bertz CT molecular complexity index is 3240. The number of imide groups is 1. The molecule has 3 N–H and O–H groups in total. The number of nitriles is 1. The molecule has 0 spiro atoms. The van der Waals surface area contributed by atoms with E-state index in [0.29, 0.717) is 60.2 Å². The molecule has 400 valence electrons. The minimum absolute atomic E-state index is 0.0436. The zero-order valence-electron chi connectivity index (χ0n) is 42.1. The topological polar surface area (TPSA) is 206 Å². The lowest BCUT2D eigenvalue weighted by Crippen LogP contribution is -2.56. The van der Waals surface area contributed by atoms with Crippen LogP contribution in [-0.2, 0) is 46.6 Å². The van der Waals surface area contributed by atoms with Gasteiger partial charge in [-0.3, -0.25) is 24.5 Å². The molecular formula is C55H55ClF3N11O7. The van der Waals surface area contributed by atoms with Crippen molar-refractivity contribution in [2.75, 3.05) is 68.1 Å². The number of fused-ring (bicyclic) bond motifs is 3. The van der Waals surface area contributed by atoms with E-state index in [-0.39, 0.29) is 80.4 Å². The molecule has 0 aliphatic carbocycles. The second-order valence-electron chi connectivity index (χ2n) is 19.9. The van der Waals surface area contributed by atoms with Gasteiger partial charge in [0, 0.05) is 79.5 Å². The van der Waals surface area contributed by atoms with Crippen LogP contribution in [0.15, 0.2) is 84.9 Å². The molecule has 1 aromatic heterocycles. The molecule has 6 amide bonds. The van der Waals surface area contributed by atoms with E-state index in [4.69, 9.17) is 31.0 Å². The largest absolute Gasteiger partial charge is 0.487 e. The van der Waals surface area contributed by atoms with Crippen molar-refractivity contribution in [3.8, 4) is 17.8 Å². The molecule has 0 bridgehead atoms. The molecule has 4 aromatic carbocycles. The van der Waals surface area contributed by atoms with Crippen LogP contribution in [0.4, 0.5) is 35.2 Å². The van der Waals surface area contributed by atoms with E-state index in [0.717, 1.165) is 65.3 Å². The minimum Gasteiger partial charge on any atom is -0.487 e. The van der Waals surface area contributed by atoms with Gasteiger partial charge < -0.3 is 44.6 Å². The fraction of sp³-hybridized carbons (Fsp3) is 0.382. The summed E-state index contributed by atoms with van der Waals surface area (Å²) in [6.45, 7) is 6.66. The third-order valence-corrected chi connectivity index (χ3v) is 15.3. The van der Waals surface area contributed by atoms with Crippen molar-refractivity contribution in [1.29, 1.82) is 5.26 Å². The summed E-state index contributed by atoms with van der Waals surface area (Å²) in [5, 5.41) is 20.1. The smallest absolute Gasteiger partial charge is 0.416 e. The van der Waals surface area contributed by atoms with Gasteiger partial charge in [-0.1, -0.05) is 54.6 Å². The molecule has 18 nitrogen and oxygen atoms in total. The number of likely N-dealkylation sites (tertiary alicyclic amines) is 1. The summed E-state index contributed by atoms with van der Waals surface area (Å²) in [5.74, 6) is -1.56. The van der Waals surface area contributed by atoms with Gasteiger partial charge in [-0.05, 0) is 92.2 Å². The zero-order valence-corrected chi connectivity index (χ0v) is 42.9. The number of hydrogen-bond acceptors (Lipinski definition) is 13. The summed E-state index contributed by atoms with van der Waals surface area (Å²) in [4.78, 5) is 84.3. The number of rotatable bonds is 14. The number of alkyl halides is 3. The number of urea groups is 1. The van der Waals surface area contributed by atoms with Crippen LogP contribution in [0, 0.1) is 11.3 Å².